The second kappa shape index (κ2) is 10.3. The van der Waals surface area contributed by atoms with E-state index in [4.69, 9.17) is 27.9 Å². The van der Waals surface area contributed by atoms with Gasteiger partial charge >= 0.3 is 0 Å². The van der Waals surface area contributed by atoms with Crippen LogP contribution in [-0.2, 0) is 17.9 Å². The summed E-state index contributed by atoms with van der Waals surface area (Å²) in [7, 11) is 0. The Morgan fingerprint density at radius 2 is 1.70 bits per heavy atom. The first-order chi connectivity index (χ1) is 15.8. The highest BCUT2D eigenvalue weighted by Gasteiger charge is 2.35. The van der Waals surface area contributed by atoms with Gasteiger partial charge in [-0.3, -0.25) is 14.5 Å². The molecular weight excluding hydrogens is 552 g/mol. The van der Waals surface area contributed by atoms with Crippen molar-refractivity contribution in [1.82, 2.24) is 4.90 Å². The van der Waals surface area contributed by atoms with E-state index in [0.29, 0.717) is 11.1 Å². The van der Waals surface area contributed by atoms with Crippen LogP contribution in [0.4, 0.5) is 9.18 Å². The summed E-state index contributed by atoms with van der Waals surface area (Å²) in [5.74, 6) is -0.493. The van der Waals surface area contributed by atoms with Gasteiger partial charge in [0.15, 0.2) is 5.75 Å². The van der Waals surface area contributed by atoms with Crippen LogP contribution < -0.4 is 4.74 Å². The molecule has 2 amide bonds. The van der Waals surface area contributed by atoms with E-state index in [0.717, 1.165) is 21.8 Å². The van der Waals surface area contributed by atoms with Gasteiger partial charge in [0.25, 0.3) is 11.1 Å². The molecule has 0 atom stereocenters. The molecule has 1 heterocycles. The monoisotopic (exact) mass is 565 g/mol. The van der Waals surface area contributed by atoms with Gasteiger partial charge in [-0.2, -0.15) is 0 Å². The van der Waals surface area contributed by atoms with Crippen LogP contribution in [0.3, 0.4) is 0 Å². The Balaban J connectivity index is 1.49. The molecule has 0 saturated carbocycles. The van der Waals surface area contributed by atoms with Crippen LogP contribution in [0.5, 0.6) is 5.75 Å². The third-order valence-corrected chi connectivity index (χ3v) is 6.72. The number of imide groups is 1. The summed E-state index contributed by atoms with van der Waals surface area (Å²) in [5, 5.41) is 0.125. The Morgan fingerprint density at radius 3 is 2.36 bits per heavy atom. The number of halogens is 4. The maximum absolute atomic E-state index is 13.4. The third kappa shape index (κ3) is 5.79. The Kier molecular flexibility index (Phi) is 7.44. The van der Waals surface area contributed by atoms with E-state index in [2.05, 4.69) is 15.9 Å². The van der Waals surface area contributed by atoms with Gasteiger partial charge in [-0.25, -0.2) is 4.39 Å². The lowest BCUT2D eigenvalue weighted by atomic mass is 10.2. The zero-order chi connectivity index (χ0) is 23.5. The Morgan fingerprint density at radius 1 is 1.00 bits per heavy atom. The minimum Gasteiger partial charge on any atom is -0.486 e. The number of hydrogen-bond donors (Lipinski definition) is 0. The van der Waals surface area contributed by atoms with Crippen molar-refractivity contribution in [3.05, 3.63) is 103 Å². The molecule has 0 aromatic heterocycles. The van der Waals surface area contributed by atoms with Gasteiger partial charge in [0, 0.05) is 4.47 Å². The van der Waals surface area contributed by atoms with Crippen molar-refractivity contribution >= 4 is 68.1 Å². The van der Waals surface area contributed by atoms with Gasteiger partial charge in [-0.05, 0) is 70.9 Å². The molecule has 0 N–H and O–H groups in total. The Bertz CT molecular complexity index is 1240. The molecule has 0 radical (unpaired) electrons. The molecule has 0 unspecified atom stereocenters. The molecule has 9 heteroatoms. The molecule has 0 aliphatic carbocycles. The number of carbonyl (C=O) groups excluding carboxylic acids is 2. The average molecular weight is 567 g/mol. The molecule has 1 aliphatic heterocycles. The van der Waals surface area contributed by atoms with Crippen molar-refractivity contribution in [2.24, 2.45) is 0 Å². The summed E-state index contributed by atoms with van der Waals surface area (Å²) in [6.07, 6.45) is 1.57. The van der Waals surface area contributed by atoms with Crippen molar-refractivity contribution in [1.29, 1.82) is 0 Å². The fraction of sp³-hybridized carbons (Fsp3) is 0.0833. The van der Waals surface area contributed by atoms with Crippen LogP contribution in [0.2, 0.25) is 10.0 Å². The van der Waals surface area contributed by atoms with E-state index in [1.165, 1.54) is 17.0 Å². The quantitative estimate of drug-likeness (QED) is 0.287. The number of rotatable bonds is 6. The number of hydrogen-bond acceptors (Lipinski definition) is 4. The van der Waals surface area contributed by atoms with E-state index in [-0.39, 0.29) is 50.8 Å². The summed E-state index contributed by atoms with van der Waals surface area (Å²) < 4.78 is 19.9. The highest BCUT2D eigenvalue weighted by atomic mass is 79.9. The summed E-state index contributed by atoms with van der Waals surface area (Å²) in [6.45, 7) is 0.273. The molecule has 3 aromatic carbocycles. The zero-order valence-electron chi connectivity index (χ0n) is 16.9. The number of ether oxygens (including phenoxy) is 1. The normalized spacial score (nSPS) is 14.9. The minimum atomic E-state index is -0.383. The lowest BCUT2D eigenvalue weighted by molar-refractivity contribution is -0.123. The minimum absolute atomic E-state index is 0.0888. The molecule has 4 nitrogen and oxygen atoms in total. The average Bonchev–Trinajstić information content (AvgIpc) is 3.02. The number of benzene rings is 3. The SMILES string of the molecule is O=C1S/C(=C\c2cc(Cl)c(OCc3cccc(F)c3)c(Cl)c2)C(=O)N1Cc1ccc(Br)cc1. The van der Waals surface area contributed by atoms with Crippen LogP contribution in [-0.4, -0.2) is 16.0 Å². The van der Waals surface area contributed by atoms with Crippen molar-refractivity contribution < 1.29 is 18.7 Å². The Hall–Kier alpha value is -2.32. The molecule has 0 bridgehead atoms. The lowest BCUT2D eigenvalue weighted by Crippen LogP contribution is -2.27. The van der Waals surface area contributed by atoms with Crippen LogP contribution in [0, 0.1) is 5.82 Å². The molecule has 1 aliphatic rings. The molecule has 168 valence electrons. The summed E-state index contributed by atoms with van der Waals surface area (Å²) in [5.41, 5.74) is 2.02. The second-order valence-electron chi connectivity index (χ2n) is 7.13. The number of nitrogens with zero attached hydrogens (tertiary/aromatic N) is 1. The standard InChI is InChI=1S/C24H15BrCl2FNO3S/c25-17-6-4-14(5-7-17)12-29-23(30)21(33-24(29)31)11-16-9-19(26)22(20(27)10-16)32-13-15-2-1-3-18(28)8-15/h1-11H,12-13H2/b21-11-. The third-order valence-electron chi connectivity index (χ3n) is 4.72. The van der Waals surface area contributed by atoms with Gasteiger partial charge in [-0.15, -0.1) is 0 Å². The van der Waals surface area contributed by atoms with Crippen LogP contribution in [0.25, 0.3) is 6.08 Å². The van der Waals surface area contributed by atoms with Gasteiger partial charge in [-0.1, -0.05) is 63.4 Å². The zero-order valence-corrected chi connectivity index (χ0v) is 20.8. The fourth-order valence-electron chi connectivity index (χ4n) is 3.14. The number of thioether (sulfide) groups is 1. The largest absolute Gasteiger partial charge is 0.486 e. The topological polar surface area (TPSA) is 46.6 Å². The summed E-state index contributed by atoms with van der Waals surface area (Å²) >= 11 is 16.9. The lowest BCUT2D eigenvalue weighted by Gasteiger charge is -2.12. The van der Waals surface area contributed by atoms with E-state index < -0.39 is 0 Å². The first-order valence-corrected chi connectivity index (χ1v) is 12.0. The summed E-state index contributed by atoms with van der Waals surface area (Å²) in [4.78, 5) is 26.7. The number of carbonyl (C=O) groups is 2. The van der Waals surface area contributed by atoms with E-state index in [1.807, 2.05) is 24.3 Å². The van der Waals surface area contributed by atoms with Crippen LogP contribution in [0.1, 0.15) is 16.7 Å². The molecule has 1 saturated heterocycles. The van der Waals surface area contributed by atoms with E-state index >= 15 is 0 Å². The molecule has 0 spiro atoms. The highest BCUT2D eigenvalue weighted by Crippen LogP contribution is 2.38. The first-order valence-electron chi connectivity index (χ1n) is 9.66. The van der Waals surface area contributed by atoms with Gasteiger partial charge in [0.2, 0.25) is 0 Å². The van der Waals surface area contributed by atoms with Crippen molar-refractivity contribution in [3.63, 3.8) is 0 Å². The van der Waals surface area contributed by atoms with Gasteiger partial charge in [0.1, 0.15) is 12.4 Å². The maximum atomic E-state index is 13.4. The van der Waals surface area contributed by atoms with Gasteiger partial charge < -0.3 is 4.74 Å². The fourth-order valence-corrected chi connectivity index (χ4v) is 4.86. The van der Waals surface area contributed by atoms with Crippen molar-refractivity contribution in [2.75, 3.05) is 0 Å². The molecule has 4 rings (SSSR count). The predicted octanol–water partition coefficient (Wildman–Crippen LogP) is 7.71. The molecule has 1 fully saturated rings. The smallest absolute Gasteiger partial charge is 0.293 e. The maximum Gasteiger partial charge on any atom is 0.293 e. The van der Waals surface area contributed by atoms with E-state index in [9.17, 15) is 14.0 Å². The highest BCUT2D eigenvalue weighted by molar-refractivity contribution is 9.10. The van der Waals surface area contributed by atoms with Crippen LogP contribution >= 0.6 is 50.9 Å². The second-order valence-corrected chi connectivity index (χ2v) is 9.85. The summed E-state index contributed by atoms with van der Waals surface area (Å²) in [6, 6.07) is 16.6. The molecule has 3 aromatic rings. The van der Waals surface area contributed by atoms with Crippen LogP contribution in [0.15, 0.2) is 70.0 Å². The molecule has 33 heavy (non-hydrogen) atoms. The molecular formula is C24H15BrCl2FNO3S. The van der Waals surface area contributed by atoms with Crippen molar-refractivity contribution in [2.45, 2.75) is 13.2 Å². The first kappa shape index (κ1) is 23.8. The van der Waals surface area contributed by atoms with E-state index in [1.54, 1.807) is 30.3 Å². The number of amides is 2. The van der Waals surface area contributed by atoms with Crippen molar-refractivity contribution in [3.8, 4) is 5.75 Å². The van der Waals surface area contributed by atoms with Gasteiger partial charge in [0.05, 0.1) is 21.5 Å². The Labute approximate surface area is 212 Å². The predicted molar refractivity (Wildman–Crippen MR) is 133 cm³/mol.